The second kappa shape index (κ2) is 1.98. The zero-order chi connectivity index (χ0) is 6.27. The summed E-state index contributed by atoms with van der Waals surface area (Å²) in [6.07, 6.45) is 4.41. The van der Waals surface area contributed by atoms with E-state index in [9.17, 15) is 0 Å². The molecule has 3 aliphatic rings. The minimum atomic E-state index is 0.870. The normalized spacial score (nSPS) is 49.7. The Balaban J connectivity index is 2.06. The number of hydrogen-bond donors (Lipinski definition) is 1. The van der Waals surface area contributed by atoms with E-state index in [0.29, 0.717) is 0 Å². The molecule has 0 spiro atoms. The molecule has 2 heterocycles. The summed E-state index contributed by atoms with van der Waals surface area (Å²) in [5, 5.41) is 3.57. The fourth-order valence-electron chi connectivity index (χ4n) is 2.31. The molecule has 2 aliphatic heterocycles. The third-order valence-corrected chi connectivity index (χ3v) is 2.95. The Labute approximate surface area is 56.8 Å². The van der Waals surface area contributed by atoms with E-state index in [4.69, 9.17) is 0 Å². The van der Waals surface area contributed by atoms with Crippen molar-refractivity contribution in [3.05, 3.63) is 0 Å². The molecule has 3 fully saturated rings. The van der Waals surface area contributed by atoms with E-state index in [-0.39, 0.29) is 0 Å². The van der Waals surface area contributed by atoms with Crippen LogP contribution in [0.1, 0.15) is 26.2 Å². The number of fused-ring (bicyclic) bond motifs is 3. The zero-order valence-corrected chi connectivity index (χ0v) is 6.06. The highest BCUT2D eigenvalue weighted by Crippen LogP contribution is 2.32. The summed E-state index contributed by atoms with van der Waals surface area (Å²) in [4.78, 5) is 0. The smallest absolute Gasteiger partial charge is 0.00930 e. The predicted octanol–water partition coefficient (Wildman–Crippen LogP) is 1.39. The maximum absolute atomic E-state index is 3.57. The molecule has 3 rings (SSSR count). The van der Waals surface area contributed by atoms with Gasteiger partial charge in [0.15, 0.2) is 0 Å². The third kappa shape index (κ3) is 0.877. The van der Waals surface area contributed by atoms with E-state index >= 15 is 0 Å². The first-order chi connectivity index (χ1) is 4.36. The van der Waals surface area contributed by atoms with Crippen molar-refractivity contribution in [2.24, 2.45) is 11.8 Å². The molecule has 1 saturated carbocycles. The lowest BCUT2D eigenvalue weighted by Gasteiger charge is -2.41. The first-order valence-electron chi connectivity index (χ1n) is 4.09. The van der Waals surface area contributed by atoms with Crippen LogP contribution >= 0.6 is 0 Å². The highest BCUT2D eigenvalue weighted by atomic mass is 15.0. The lowest BCUT2D eigenvalue weighted by atomic mass is 9.75. The van der Waals surface area contributed by atoms with Crippen LogP contribution in [-0.4, -0.2) is 12.6 Å². The molecule has 0 aromatic rings. The van der Waals surface area contributed by atoms with Crippen molar-refractivity contribution >= 4 is 0 Å². The van der Waals surface area contributed by atoms with Gasteiger partial charge in [0.1, 0.15) is 0 Å². The maximum Gasteiger partial charge on any atom is 0.00930 e. The topological polar surface area (TPSA) is 12.0 Å². The van der Waals surface area contributed by atoms with Gasteiger partial charge < -0.3 is 5.32 Å². The van der Waals surface area contributed by atoms with Crippen molar-refractivity contribution in [2.45, 2.75) is 32.2 Å². The van der Waals surface area contributed by atoms with Gasteiger partial charge in [-0.15, -0.1) is 0 Å². The number of nitrogens with one attached hydrogen (secondary N) is 1. The summed E-state index contributed by atoms with van der Waals surface area (Å²) in [6.45, 7) is 3.68. The molecule has 0 aromatic heterocycles. The summed E-state index contributed by atoms with van der Waals surface area (Å²) in [7, 11) is 0. The molecular formula is C8H15N. The standard InChI is InChI=1S/C8H15N/c1-6-4-7-2-3-8(6)9-5-7/h6-9H,2-5H2,1H3/t6-,7+,8-/m1/s1. The van der Waals surface area contributed by atoms with Gasteiger partial charge in [-0.05, 0) is 37.6 Å². The second-order valence-electron chi connectivity index (χ2n) is 3.67. The van der Waals surface area contributed by atoms with Gasteiger partial charge in [-0.3, -0.25) is 0 Å². The monoisotopic (exact) mass is 125 g/mol. The van der Waals surface area contributed by atoms with E-state index in [1.165, 1.54) is 25.8 Å². The molecule has 52 valence electrons. The van der Waals surface area contributed by atoms with Crippen LogP contribution in [0.2, 0.25) is 0 Å². The van der Waals surface area contributed by atoms with Gasteiger partial charge in [0.2, 0.25) is 0 Å². The van der Waals surface area contributed by atoms with Crippen LogP contribution in [-0.2, 0) is 0 Å². The molecule has 3 atom stereocenters. The molecule has 2 saturated heterocycles. The number of hydrogen-bond acceptors (Lipinski definition) is 1. The Kier molecular flexibility index (Phi) is 1.26. The average Bonchev–Trinajstić information content (AvgIpc) is 1.90. The first kappa shape index (κ1) is 5.72. The summed E-state index contributed by atoms with van der Waals surface area (Å²) in [5.41, 5.74) is 0. The van der Waals surface area contributed by atoms with Crippen LogP contribution in [0.5, 0.6) is 0 Å². The van der Waals surface area contributed by atoms with E-state index in [1.807, 2.05) is 0 Å². The van der Waals surface area contributed by atoms with Crippen molar-refractivity contribution in [1.82, 2.24) is 5.32 Å². The molecule has 1 heteroatoms. The zero-order valence-electron chi connectivity index (χ0n) is 6.06. The quantitative estimate of drug-likeness (QED) is 0.516. The fourth-order valence-corrected chi connectivity index (χ4v) is 2.31. The van der Waals surface area contributed by atoms with Crippen LogP contribution in [0.4, 0.5) is 0 Å². The van der Waals surface area contributed by atoms with Crippen LogP contribution in [0.3, 0.4) is 0 Å². The summed E-state index contributed by atoms with van der Waals surface area (Å²) < 4.78 is 0. The summed E-state index contributed by atoms with van der Waals surface area (Å²) in [5.74, 6) is 1.97. The Hall–Kier alpha value is -0.0400. The Morgan fingerprint density at radius 2 is 2.22 bits per heavy atom. The van der Waals surface area contributed by atoms with E-state index < -0.39 is 0 Å². The van der Waals surface area contributed by atoms with Crippen molar-refractivity contribution in [1.29, 1.82) is 0 Å². The van der Waals surface area contributed by atoms with Crippen LogP contribution in [0.25, 0.3) is 0 Å². The van der Waals surface area contributed by atoms with Crippen molar-refractivity contribution < 1.29 is 0 Å². The minimum absolute atomic E-state index is 0.870. The molecule has 0 aromatic carbocycles. The van der Waals surface area contributed by atoms with E-state index in [2.05, 4.69) is 12.2 Å². The molecule has 1 aliphatic carbocycles. The Morgan fingerprint density at radius 1 is 1.33 bits per heavy atom. The van der Waals surface area contributed by atoms with Crippen LogP contribution in [0.15, 0.2) is 0 Å². The fraction of sp³-hybridized carbons (Fsp3) is 1.00. The van der Waals surface area contributed by atoms with E-state index in [1.54, 1.807) is 0 Å². The van der Waals surface area contributed by atoms with Crippen molar-refractivity contribution in [3.63, 3.8) is 0 Å². The summed E-state index contributed by atoms with van der Waals surface area (Å²) in [6, 6.07) is 0.870. The van der Waals surface area contributed by atoms with Crippen LogP contribution in [0, 0.1) is 11.8 Å². The number of piperidine rings is 2. The lowest BCUT2D eigenvalue weighted by Crippen LogP contribution is -2.49. The molecule has 2 bridgehead atoms. The largest absolute Gasteiger partial charge is 0.313 e. The second-order valence-corrected chi connectivity index (χ2v) is 3.67. The van der Waals surface area contributed by atoms with Crippen molar-refractivity contribution in [3.8, 4) is 0 Å². The predicted molar refractivity (Wildman–Crippen MR) is 38.3 cm³/mol. The number of rotatable bonds is 0. The molecule has 9 heavy (non-hydrogen) atoms. The van der Waals surface area contributed by atoms with Gasteiger partial charge in [-0.25, -0.2) is 0 Å². The molecular weight excluding hydrogens is 110 g/mol. The highest BCUT2D eigenvalue weighted by molar-refractivity contribution is 4.88. The van der Waals surface area contributed by atoms with Gasteiger partial charge in [-0.2, -0.15) is 0 Å². The SMILES string of the molecule is C[C@@H]1C[C@@H]2CC[C@H]1NC2. The highest BCUT2D eigenvalue weighted by Gasteiger charge is 2.31. The Bertz CT molecular complexity index is 103. The van der Waals surface area contributed by atoms with Crippen LogP contribution < -0.4 is 5.32 Å². The van der Waals surface area contributed by atoms with Gasteiger partial charge in [0.25, 0.3) is 0 Å². The van der Waals surface area contributed by atoms with Gasteiger partial charge in [0.05, 0.1) is 0 Å². The summed E-state index contributed by atoms with van der Waals surface area (Å²) >= 11 is 0. The lowest BCUT2D eigenvalue weighted by molar-refractivity contribution is 0.150. The van der Waals surface area contributed by atoms with Gasteiger partial charge in [0, 0.05) is 6.04 Å². The first-order valence-corrected chi connectivity index (χ1v) is 4.09. The molecule has 0 unspecified atom stereocenters. The third-order valence-electron chi connectivity index (χ3n) is 2.95. The van der Waals surface area contributed by atoms with Gasteiger partial charge in [-0.1, -0.05) is 6.92 Å². The minimum Gasteiger partial charge on any atom is -0.313 e. The Morgan fingerprint density at radius 3 is 2.44 bits per heavy atom. The van der Waals surface area contributed by atoms with Gasteiger partial charge >= 0.3 is 0 Å². The maximum atomic E-state index is 3.57. The molecule has 1 N–H and O–H groups in total. The van der Waals surface area contributed by atoms with E-state index in [0.717, 1.165) is 17.9 Å². The molecule has 0 amide bonds. The molecule has 1 nitrogen and oxygen atoms in total. The average molecular weight is 125 g/mol. The van der Waals surface area contributed by atoms with Crippen molar-refractivity contribution in [2.75, 3.05) is 6.54 Å². The molecule has 0 radical (unpaired) electrons.